The fourth-order valence-corrected chi connectivity index (χ4v) is 3.17. The van der Waals surface area contributed by atoms with Crippen LogP contribution in [0, 0.1) is 11.3 Å². The van der Waals surface area contributed by atoms with E-state index in [0.717, 1.165) is 24.3 Å². The molecule has 0 amide bonds. The number of nitriles is 1. The molecule has 0 saturated heterocycles. The molecule has 4 aromatic rings. The lowest BCUT2D eigenvalue weighted by Gasteiger charge is -2.07. The van der Waals surface area contributed by atoms with E-state index in [9.17, 15) is 31.6 Å². The zero-order valence-electron chi connectivity index (χ0n) is 17.5. The molecule has 2 aromatic heterocycles. The molecule has 0 unspecified atom stereocenters. The summed E-state index contributed by atoms with van der Waals surface area (Å²) in [6, 6.07) is 13.5. The molecule has 0 aliphatic carbocycles. The molecule has 0 N–H and O–H groups in total. The molecule has 11 heteroatoms. The fraction of sp³-hybridized carbons (Fsp3) is 0.0833. The number of rotatable bonds is 4. The normalized spacial score (nSPS) is 12.4. The summed E-state index contributed by atoms with van der Waals surface area (Å²) in [5.41, 5.74) is -0.544. The number of alkyl halides is 6. The molecule has 0 spiro atoms. The molecular formula is C24H13F6N5. The first-order valence-corrected chi connectivity index (χ1v) is 9.90. The minimum absolute atomic E-state index is 0.0249. The van der Waals surface area contributed by atoms with Gasteiger partial charge in [0.2, 0.25) is 0 Å². The van der Waals surface area contributed by atoms with Crippen LogP contribution in [0.15, 0.2) is 73.1 Å². The van der Waals surface area contributed by atoms with Crippen molar-refractivity contribution in [3.63, 3.8) is 0 Å². The largest absolute Gasteiger partial charge is 0.416 e. The second kappa shape index (κ2) is 9.06. The van der Waals surface area contributed by atoms with Crippen molar-refractivity contribution in [2.75, 3.05) is 0 Å². The second-order valence-electron chi connectivity index (χ2n) is 7.24. The molecule has 0 radical (unpaired) electrons. The van der Waals surface area contributed by atoms with Gasteiger partial charge < -0.3 is 0 Å². The number of hydrogen-bond donors (Lipinski definition) is 0. The van der Waals surface area contributed by atoms with Gasteiger partial charge in [0.25, 0.3) is 0 Å². The highest BCUT2D eigenvalue weighted by Crippen LogP contribution is 2.33. The smallest absolute Gasteiger partial charge is 0.265 e. The van der Waals surface area contributed by atoms with Crippen molar-refractivity contribution in [1.82, 2.24) is 19.7 Å². The number of hydrogen-bond acceptors (Lipinski definition) is 4. The molecule has 0 aliphatic heterocycles. The van der Waals surface area contributed by atoms with Crippen molar-refractivity contribution in [2.24, 2.45) is 0 Å². The third kappa shape index (κ3) is 5.22. The zero-order valence-corrected chi connectivity index (χ0v) is 17.5. The lowest BCUT2D eigenvalue weighted by atomic mass is 10.1. The van der Waals surface area contributed by atoms with Crippen LogP contribution >= 0.6 is 0 Å². The van der Waals surface area contributed by atoms with Crippen LogP contribution in [0.25, 0.3) is 34.5 Å². The Morgan fingerprint density at radius 3 is 1.77 bits per heavy atom. The molecular weight excluding hydrogens is 472 g/mol. The van der Waals surface area contributed by atoms with Crippen molar-refractivity contribution < 1.29 is 26.3 Å². The molecule has 35 heavy (non-hydrogen) atoms. The van der Waals surface area contributed by atoms with Gasteiger partial charge in [-0.15, -0.1) is 5.10 Å². The van der Waals surface area contributed by atoms with Gasteiger partial charge in [-0.1, -0.05) is 24.3 Å². The van der Waals surface area contributed by atoms with Crippen molar-refractivity contribution in [2.45, 2.75) is 12.4 Å². The number of benzene rings is 2. The van der Waals surface area contributed by atoms with E-state index >= 15 is 0 Å². The molecule has 0 aliphatic rings. The van der Waals surface area contributed by atoms with E-state index in [1.807, 2.05) is 6.07 Å². The Bertz CT molecular complexity index is 1390. The van der Waals surface area contributed by atoms with E-state index in [-0.39, 0.29) is 28.3 Å². The van der Waals surface area contributed by atoms with Crippen LogP contribution in [0.3, 0.4) is 0 Å². The minimum Gasteiger partial charge on any atom is -0.265 e. The van der Waals surface area contributed by atoms with Gasteiger partial charge in [-0.05, 0) is 42.0 Å². The Kier molecular flexibility index (Phi) is 6.13. The van der Waals surface area contributed by atoms with E-state index in [1.165, 1.54) is 47.5 Å². The molecule has 2 heterocycles. The van der Waals surface area contributed by atoms with Crippen molar-refractivity contribution in [3.05, 3.63) is 89.7 Å². The van der Waals surface area contributed by atoms with Crippen molar-refractivity contribution in [3.8, 4) is 28.8 Å². The van der Waals surface area contributed by atoms with Gasteiger partial charge >= 0.3 is 12.4 Å². The predicted molar refractivity (Wildman–Crippen MR) is 115 cm³/mol. The van der Waals surface area contributed by atoms with Gasteiger partial charge in [-0.2, -0.15) is 31.6 Å². The Balaban J connectivity index is 1.83. The zero-order chi connectivity index (χ0) is 25.2. The van der Waals surface area contributed by atoms with Crippen LogP contribution in [0.2, 0.25) is 0 Å². The fourth-order valence-electron chi connectivity index (χ4n) is 3.17. The van der Waals surface area contributed by atoms with E-state index in [2.05, 4.69) is 15.1 Å². The van der Waals surface area contributed by atoms with Gasteiger partial charge in [0.15, 0.2) is 11.6 Å². The molecule has 2 aromatic carbocycles. The van der Waals surface area contributed by atoms with Crippen LogP contribution in [0.1, 0.15) is 16.7 Å². The molecule has 0 saturated carbocycles. The highest BCUT2D eigenvalue weighted by molar-refractivity contribution is 5.85. The lowest BCUT2D eigenvalue weighted by molar-refractivity contribution is -0.138. The van der Waals surface area contributed by atoms with Gasteiger partial charge in [-0.25, -0.2) is 9.67 Å². The minimum atomic E-state index is -4.53. The molecule has 176 valence electrons. The van der Waals surface area contributed by atoms with E-state index in [4.69, 9.17) is 0 Å². The Morgan fingerprint density at radius 1 is 0.771 bits per heavy atom. The quantitative estimate of drug-likeness (QED) is 0.242. The van der Waals surface area contributed by atoms with Crippen molar-refractivity contribution in [1.29, 1.82) is 5.26 Å². The van der Waals surface area contributed by atoms with Gasteiger partial charge in [-0.3, -0.25) is 4.98 Å². The topological polar surface area (TPSA) is 67.4 Å². The lowest BCUT2D eigenvalue weighted by Crippen LogP contribution is -2.04. The van der Waals surface area contributed by atoms with Crippen LogP contribution in [-0.2, 0) is 12.4 Å². The molecule has 0 atom stereocenters. The van der Waals surface area contributed by atoms with Crippen molar-refractivity contribution >= 4 is 11.8 Å². The molecule has 0 bridgehead atoms. The van der Waals surface area contributed by atoms with Gasteiger partial charge in [0.05, 0.1) is 16.7 Å². The third-order valence-corrected chi connectivity index (χ3v) is 4.94. The number of pyridine rings is 1. The first kappa shape index (κ1) is 23.7. The Morgan fingerprint density at radius 2 is 1.29 bits per heavy atom. The maximum absolute atomic E-state index is 13.0. The second-order valence-corrected chi connectivity index (χ2v) is 7.24. The van der Waals surface area contributed by atoms with Gasteiger partial charge in [0, 0.05) is 29.7 Å². The highest BCUT2D eigenvalue weighted by atomic mass is 19.4. The number of nitrogens with zero attached hydrogens (tertiary/aromatic N) is 5. The highest BCUT2D eigenvalue weighted by Gasteiger charge is 2.31. The summed E-state index contributed by atoms with van der Waals surface area (Å²) in [5, 5.41) is 13.9. The van der Waals surface area contributed by atoms with Crippen LogP contribution in [-0.4, -0.2) is 19.7 Å². The maximum atomic E-state index is 13.0. The summed E-state index contributed by atoms with van der Waals surface area (Å²) in [6.45, 7) is 0. The average molecular weight is 485 g/mol. The van der Waals surface area contributed by atoms with Crippen LogP contribution in [0.4, 0.5) is 26.3 Å². The summed E-state index contributed by atoms with van der Waals surface area (Å²) in [7, 11) is 0. The SMILES string of the molecule is N#CC(=Cn1nc(-c2ccc(C(F)(F)F)cc2)nc1-c1ccc(C(F)(F)F)cc1)c1ccncc1. The van der Waals surface area contributed by atoms with E-state index in [0.29, 0.717) is 5.56 Å². The first-order valence-electron chi connectivity index (χ1n) is 9.90. The van der Waals surface area contributed by atoms with Crippen LogP contribution in [0.5, 0.6) is 0 Å². The average Bonchev–Trinajstić information content (AvgIpc) is 3.26. The Hall–Kier alpha value is -4.46. The summed E-state index contributed by atoms with van der Waals surface area (Å²) in [5.74, 6) is 0.118. The number of allylic oxidation sites excluding steroid dienone is 1. The first-order chi connectivity index (χ1) is 16.6. The third-order valence-electron chi connectivity index (χ3n) is 4.94. The molecule has 0 fully saturated rings. The molecule has 4 rings (SSSR count). The summed E-state index contributed by atoms with van der Waals surface area (Å²) < 4.78 is 78.9. The standard InChI is InChI=1S/C24H13F6N5/c25-23(26,27)19-5-1-16(2-6-19)21-33-22(17-3-7-20(8-4-17)24(28,29)30)35(34-21)14-18(13-31)15-9-11-32-12-10-15/h1-12,14H. The van der Waals surface area contributed by atoms with Gasteiger partial charge in [0.1, 0.15) is 6.07 Å². The summed E-state index contributed by atoms with van der Waals surface area (Å²) >= 11 is 0. The van der Waals surface area contributed by atoms with E-state index < -0.39 is 23.5 Å². The molecule has 5 nitrogen and oxygen atoms in total. The number of halogens is 6. The summed E-state index contributed by atoms with van der Waals surface area (Å²) in [6.07, 6.45) is -4.76. The maximum Gasteiger partial charge on any atom is 0.416 e. The summed E-state index contributed by atoms with van der Waals surface area (Å²) in [4.78, 5) is 8.23. The predicted octanol–water partition coefficient (Wildman–Crippen LogP) is 6.57. The van der Waals surface area contributed by atoms with E-state index in [1.54, 1.807) is 12.1 Å². The van der Waals surface area contributed by atoms with Crippen LogP contribution < -0.4 is 0 Å². The Labute approximate surface area is 194 Å². The number of aromatic nitrogens is 4. The monoisotopic (exact) mass is 485 g/mol.